The summed E-state index contributed by atoms with van der Waals surface area (Å²) in [6.45, 7) is 1.89. The first-order valence-corrected chi connectivity index (χ1v) is 9.41. The van der Waals surface area contributed by atoms with E-state index in [1.165, 1.54) is 5.56 Å². The molecule has 25 heavy (non-hydrogen) atoms. The Morgan fingerprint density at radius 3 is 2.76 bits per heavy atom. The maximum absolute atomic E-state index is 5.23. The maximum Gasteiger partial charge on any atom is 0.212 e. The molecule has 0 spiro atoms. The Hall–Kier alpha value is -2.12. The first-order chi connectivity index (χ1) is 12.2. The molecule has 0 N–H and O–H groups in total. The molecule has 0 unspecified atom stereocenters. The lowest BCUT2D eigenvalue weighted by Gasteiger charge is -2.03. The van der Waals surface area contributed by atoms with E-state index >= 15 is 0 Å². The number of halogens is 1. The fourth-order valence-electron chi connectivity index (χ4n) is 2.14. The normalized spacial score (nSPS) is 11.2. The van der Waals surface area contributed by atoms with Crippen molar-refractivity contribution in [3.05, 3.63) is 70.0 Å². The molecule has 128 valence electrons. The Morgan fingerprint density at radius 1 is 1.20 bits per heavy atom. The van der Waals surface area contributed by atoms with Gasteiger partial charge in [-0.2, -0.15) is 9.78 Å². The molecular formula is C18H17BrN4OS. The van der Waals surface area contributed by atoms with Crippen LogP contribution in [-0.2, 0) is 5.75 Å². The van der Waals surface area contributed by atoms with Crippen LogP contribution in [0.1, 0.15) is 17.0 Å². The molecule has 0 atom stereocenters. The molecule has 0 bridgehead atoms. The third-order valence-electron chi connectivity index (χ3n) is 3.47. The summed E-state index contributed by atoms with van der Waals surface area (Å²) in [5.41, 5.74) is 2.17. The van der Waals surface area contributed by atoms with E-state index in [2.05, 4.69) is 43.4 Å². The number of thioether (sulfide) groups is 1. The molecular weight excluding hydrogens is 400 g/mol. The number of benzene rings is 2. The van der Waals surface area contributed by atoms with Crippen molar-refractivity contribution >= 4 is 33.9 Å². The summed E-state index contributed by atoms with van der Waals surface area (Å²) in [7, 11) is 1.65. The van der Waals surface area contributed by atoms with Gasteiger partial charge in [-0.25, -0.2) is 0 Å². The van der Waals surface area contributed by atoms with Crippen LogP contribution in [0.4, 0.5) is 0 Å². The lowest BCUT2D eigenvalue weighted by Crippen LogP contribution is -1.96. The van der Waals surface area contributed by atoms with E-state index < -0.39 is 0 Å². The molecule has 0 amide bonds. The van der Waals surface area contributed by atoms with Gasteiger partial charge in [-0.3, -0.25) is 0 Å². The fourth-order valence-corrected chi connectivity index (χ4v) is 3.29. The van der Waals surface area contributed by atoms with E-state index in [9.17, 15) is 0 Å². The molecule has 7 heteroatoms. The van der Waals surface area contributed by atoms with E-state index in [-0.39, 0.29) is 0 Å². The average Bonchev–Trinajstić information content (AvgIpc) is 2.99. The molecule has 2 aromatic carbocycles. The second-order valence-electron chi connectivity index (χ2n) is 5.28. The Labute approximate surface area is 159 Å². The highest BCUT2D eigenvalue weighted by Crippen LogP contribution is 2.23. The van der Waals surface area contributed by atoms with Crippen LogP contribution in [0, 0.1) is 6.92 Å². The van der Waals surface area contributed by atoms with Gasteiger partial charge in [0.1, 0.15) is 5.75 Å². The highest BCUT2D eigenvalue weighted by molar-refractivity contribution is 9.10. The van der Waals surface area contributed by atoms with Crippen LogP contribution in [0.15, 0.2) is 63.3 Å². The zero-order valence-electron chi connectivity index (χ0n) is 13.9. The van der Waals surface area contributed by atoms with E-state index in [1.807, 2.05) is 43.3 Å². The predicted molar refractivity (Wildman–Crippen MR) is 104 cm³/mol. The standard InChI is InChI=1S/C18H17BrN4OS/c1-13-21-22-18(25-12-14-6-8-16(19)9-7-14)23(13)20-11-15-4-3-5-17(10-15)24-2/h3-11H,12H2,1-2H3/b20-11-. The number of hydrogen-bond acceptors (Lipinski definition) is 5. The third-order valence-corrected chi connectivity index (χ3v) is 4.98. The van der Waals surface area contributed by atoms with Gasteiger partial charge in [0.15, 0.2) is 5.82 Å². The second kappa shape index (κ2) is 8.31. The van der Waals surface area contributed by atoms with Crippen molar-refractivity contribution in [1.29, 1.82) is 0 Å². The average molecular weight is 417 g/mol. The SMILES string of the molecule is COc1cccc(/C=N\n2c(C)nnc2SCc2ccc(Br)cc2)c1. The van der Waals surface area contributed by atoms with Crippen LogP contribution in [0.2, 0.25) is 0 Å². The molecule has 3 aromatic rings. The molecule has 0 saturated carbocycles. The number of hydrogen-bond donors (Lipinski definition) is 0. The largest absolute Gasteiger partial charge is 0.497 e. The minimum absolute atomic E-state index is 0.748. The van der Waals surface area contributed by atoms with Crippen LogP contribution >= 0.6 is 27.7 Å². The highest BCUT2D eigenvalue weighted by atomic mass is 79.9. The number of aromatic nitrogens is 3. The van der Waals surface area contributed by atoms with Crippen molar-refractivity contribution < 1.29 is 4.74 Å². The number of aryl methyl sites for hydroxylation is 1. The zero-order chi connectivity index (χ0) is 17.6. The Balaban J connectivity index is 1.74. The Morgan fingerprint density at radius 2 is 2.00 bits per heavy atom. The van der Waals surface area contributed by atoms with Crippen LogP contribution in [0.5, 0.6) is 5.75 Å². The third kappa shape index (κ3) is 4.70. The van der Waals surface area contributed by atoms with Crippen LogP contribution in [0.3, 0.4) is 0 Å². The van der Waals surface area contributed by atoms with Gasteiger partial charge in [0, 0.05) is 10.2 Å². The van der Waals surface area contributed by atoms with Gasteiger partial charge in [-0.1, -0.05) is 52.0 Å². The second-order valence-corrected chi connectivity index (χ2v) is 7.14. The lowest BCUT2D eigenvalue weighted by atomic mass is 10.2. The number of ether oxygens (including phenoxy) is 1. The van der Waals surface area contributed by atoms with Gasteiger partial charge < -0.3 is 4.74 Å². The first-order valence-electron chi connectivity index (χ1n) is 7.63. The summed E-state index contributed by atoms with van der Waals surface area (Å²) in [6.07, 6.45) is 1.78. The summed E-state index contributed by atoms with van der Waals surface area (Å²) < 4.78 is 8.06. The van der Waals surface area contributed by atoms with Crippen LogP contribution < -0.4 is 4.74 Å². The van der Waals surface area contributed by atoms with Crippen LogP contribution in [0.25, 0.3) is 0 Å². The maximum atomic E-state index is 5.23. The molecule has 0 radical (unpaired) electrons. The Bertz CT molecular complexity index is 877. The van der Waals surface area contributed by atoms with Crippen molar-refractivity contribution in [3.63, 3.8) is 0 Å². The summed E-state index contributed by atoms with van der Waals surface area (Å²) in [5, 5.41) is 13.6. The molecule has 0 aliphatic rings. The predicted octanol–water partition coefficient (Wildman–Crippen LogP) is 4.53. The van der Waals surface area contributed by atoms with Gasteiger partial charge in [0.2, 0.25) is 5.16 Å². The van der Waals surface area contributed by atoms with E-state index in [1.54, 1.807) is 29.8 Å². The quantitative estimate of drug-likeness (QED) is 0.437. The number of nitrogens with zero attached hydrogens (tertiary/aromatic N) is 4. The topological polar surface area (TPSA) is 52.3 Å². The van der Waals surface area contributed by atoms with Crippen molar-refractivity contribution in [2.75, 3.05) is 7.11 Å². The minimum atomic E-state index is 0.748. The highest BCUT2D eigenvalue weighted by Gasteiger charge is 2.08. The molecule has 3 rings (SSSR count). The van der Waals surface area contributed by atoms with E-state index in [4.69, 9.17) is 4.74 Å². The zero-order valence-corrected chi connectivity index (χ0v) is 16.3. The summed E-state index contributed by atoms with van der Waals surface area (Å²) in [5.74, 6) is 2.35. The summed E-state index contributed by atoms with van der Waals surface area (Å²) >= 11 is 5.05. The Kier molecular flexibility index (Phi) is 5.88. The smallest absolute Gasteiger partial charge is 0.212 e. The molecule has 1 heterocycles. The monoisotopic (exact) mass is 416 g/mol. The number of rotatable bonds is 6. The first kappa shape index (κ1) is 17.7. The van der Waals surface area contributed by atoms with Gasteiger partial charge in [0.25, 0.3) is 0 Å². The molecule has 0 fully saturated rings. The van der Waals surface area contributed by atoms with Crippen molar-refractivity contribution in [3.8, 4) is 5.75 Å². The van der Waals surface area contributed by atoms with Gasteiger partial charge in [-0.15, -0.1) is 10.2 Å². The van der Waals surface area contributed by atoms with Gasteiger partial charge in [0.05, 0.1) is 13.3 Å². The van der Waals surface area contributed by atoms with E-state index in [0.29, 0.717) is 0 Å². The van der Waals surface area contributed by atoms with E-state index in [0.717, 1.165) is 32.5 Å². The van der Waals surface area contributed by atoms with Crippen LogP contribution in [-0.4, -0.2) is 28.2 Å². The molecule has 5 nitrogen and oxygen atoms in total. The van der Waals surface area contributed by atoms with Crippen molar-refractivity contribution in [1.82, 2.24) is 14.9 Å². The van der Waals surface area contributed by atoms with Crippen molar-refractivity contribution in [2.24, 2.45) is 5.10 Å². The van der Waals surface area contributed by atoms with Crippen molar-refractivity contribution in [2.45, 2.75) is 17.8 Å². The minimum Gasteiger partial charge on any atom is -0.497 e. The fraction of sp³-hybridized carbons (Fsp3) is 0.167. The summed E-state index contributed by atoms with van der Waals surface area (Å²) in [6, 6.07) is 16.0. The summed E-state index contributed by atoms with van der Waals surface area (Å²) in [4.78, 5) is 0. The van der Waals surface area contributed by atoms with Gasteiger partial charge in [-0.05, 0) is 42.3 Å². The lowest BCUT2D eigenvalue weighted by molar-refractivity contribution is 0.414. The van der Waals surface area contributed by atoms with Gasteiger partial charge >= 0.3 is 0 Å². The molecule has 0 aliphatic carbocycles. The molecule has 1 aromatic heterocycles. The molecule has 0 saturated heterocycles. The number of methoxy groups -OCH3 is 1. The molecule has 0 aliphatic heterocycles.